The van der Waals surface area contributed by atoms with Crippen LogP contribution in [0.2, 0.25) is 0 Å². The van der Waals surface area contributed by atoms with Crippen molar-refractivity contribution in [2.75, 3.05) is 0 Å². The van der Waals surface area contributed by atoms with E-state index >= 15 is 0 Å². The number of hydrogen-bond acceptors (Lipinski definition) is 5. The molecule has 0 aromatic carbocycles. The molecule has 1 N–H and O–H groups in total. The summed E-state index contributed by atoms with van der Waals surface area (Å²) in [5, 5.41) is 15.4. The second-order valence-corrected chi connectivity index (χ2v) is 2.66. The van der Waals surface area contributed by atoms with E-state index in [1.807, 2.05) is 0 Å². The number of thiol groups is 2. The molecule has 0 aromatic rings. The van der Waals surface area contributed by atoms with Crippen LogP contribution in [0.5, 0.6) is 0 Å². The quantitative estimate of drug-likeness (QED) is 0.409. The van der Waals surface area contributed by atoms with Crippen LogP contribution in [0.1, 0.15) is 0 Å². The molecule has 7 heteroatoms. The molecule has 0 radical (unpaired) electrons. The molecule has 4 nitrogen and oxygen atoms in total. The van der Waals surface area contributed by atoms with Gasteiger partial charge in [-0.2, -0.15) is 25.3 Å². The van der Waals surface area contributed by atoms with Crippen molar-refractivity contribution in [3.05, 3.63) is 0 Å². The minimum atomic E-state index is -1.54. The fourth-order valence-corrected chi connectivity index (χ4v) is 0.513. The average molecular weight is 378 g/mol. The molecule has 0 amide bonds. The number of carboxylic acids is 2. The third kappa shape index (κ3) is 4.76. The molecule has 0 aromatic heterocycles. The summed E-state index contributed by atoms with van der Waals surface area (Å²) in [6, 6.07) is 0. The molecule has 0 heterocycles. The first kappa shape index (κ1) is 13.9. The van der Waals surface area contributed by atoms with Crippen LogP contribution in [0.25, 0.3) is 0 Å². The topological polar surface area (TPSA) is 77.4 Å². The van der Waals surface area contributed by atoms with Crippen LogP contribution in [0.3, 0.4) is 0 Å². The van der Waals surface area contributed by atoms with Crippen molar-refractivity contribution in [3.8, 4) is 0 Å². The van der Waals surface area contributed by atoms with E-state index in [-0.39, 0.29) is 22.4 Å². The van der Waals surface area contributed by atoms with Gasteiger partial charge in [0, 0.05) is 0 Å². The van der Waals surface area contributed by atoms with Crippen molar-refractivity contribution in [2.45, 2.75) is 10.5 Å². The van der Waals surface area contributed by atoms with Gasteiger partial charge in [-0.3, -0.25) is 4.79 Å². The Morgan fingerprint density at radius 1 is 1.27 bits per heavy atom. The van der Waals surface area contributed by atoms with Gasteiger partial charge in [-0.25, -0.2) is 0 Å². The molecule has 0 fully saturated rings. The molecule has 2 atom stereocenters. The first-order valence-electron chi connectivity index (χ1n) is 2.26. The normalized spacial score (nSPS) is 14.4. The predicted molar refractivity (Wildman–Crippen MR) is 38.2 cm³/mol. The Kier molecular flexibility index (Phi) is 7.55. The van der Waals surface area contributed by atoms with Crippen molar-refractivity contribution in [2.24, 2.45) is 0 Å². The predicted octanol–water partition coefficient (Wildman–Crippen LogP) is -1.58. The van der Waals surface area contributed by atoms with Crippen molar-refractivity contribution in [3.63, 3.8) is 0 Å². The van der Waals surface area contributed by atoms with Gasteiger partial charge in [0.15, 0.2) is 0 Å². The summed E-state index contributed by atoms with van der Waals surface area (Å²) in [7, 11) is 0. The Bertz CT molecular complexity index is 144. The Hall–Kier alpha value is 0.380. The van der Waals surface area contributed by atoms with Gasteiger partial charge in [0.25, 0.3) is 0 Å². The monoisotopic (exact) mass is 378 g/mol. The van der Waals surface area contributed by atoms with Gasteiger partial charge in [-0.1, -0.05) is 0 Å². The molecular weight excluding hydrogens is 373 g/mol. The third-order valence-electron chi connectivity index (χ3n) is 0.794. The summed E-state index contributed by atoms with van der Waals surface area (Å²) < 4.78 is 0. The molecule has 11 heavy (non-hydrogen) atoms. The molecule has 0 aliphatic heterocycles. The van der Waals surface area contributed by atoms with E-state index in [1.54, 1.807) is 0 Å². The summed E-state index contributed by atoms with van der Waals surface area (Å²) in [5.74, 6) is -2.86. The molecule has 0 aliphatic carbocycles. The minimum absolute atomic E-state index is 0. The van der Waals surface area contributed by atoms with Crippen molar-refractivity contribution in [1.29, 1.82) is 0 Å². The van der Waals surface area contributed by atoms with Crippen LogP contribution in [0.4, 0.5) is 0 Å². The third-order valence-corrected chi connectivity index (χ3v) is 2.06. The van der Waals surface area contributed by atoms with Crippen LogP contribution in [-0.2, 0) is 32.0 Å². The molecule has 0 saturated carbocycles. The standard InChI is InChI=1S/C4H6O4S2.Au/c5-3(6)1(9)2(10)4(7)8;/h1-2,9-10H,(H,5,6)(H,7,8);/q;+1/p-1. The second kappa shape index (κ2) is 5.96. The number of hydrogen-bond donors (Lipinski definition) is 3. The zero-order valence-corrected chi connectivity index (χ0v) is 8.98. The largest absolute Gasteiger partial charge is 1.00 e. The number of carboxylic acid groups (broad SMARTS) is 2. The summed E-state index contributed by atoms with van der Waals surface area (Å²) in [4.78, 5) is 20.0. The Labute approximate surface area is 89.7 Å². The van der Waals surface area contributed by atoms with Crippen LogP contribution >= 0.6 is 25.3 Å². The molecule has 0 saturated heterocycles. The molecule has 0 bridgehead atoms. The van der Waals surface area contributed by atoms with Gasteiger partial charge < -0.3 is 15.0 Å². The molecule has 2 unspecified atom stereocenters. The Balaban J connectivity index is 0. The molecular formula is C4H5AuO4S2. The van der Waals surface area contributed by atoms with E-state index in [2.05, 4.69) is 25.3 Å². The van der Waals surface area contributed by atoms with Crippen molar-refractivity contribution < 1.29 is 42.2 Å². The number of carbonyl (C=O) groups excluding carboxylic acids is 1. The fraction of sp³-hybridized carbons (Fsp3) is 0.500. The first-order valence-corrected chi connectivity index (χ1v) is 3.30. The van der Waals surface area contributed by atoms with Gasteiger partial charge >= 0.3 is 28.3 Å². The van der Waals surface area contributed by atoms with Crippen LogP contribution in [0.15, 0.2) is 0 Å². The van der Waals surface area contributed by atoms with Gasteiger partial charge in [0.2, 0.25) is 0 Å². The number of aliphatic carboxylic acids is 2. The van der Waals surface area contributed by atoms with Crippen LogP contribution in [-0.4, -0.2) is 27.5 Å². The van der Waals surface area contributed by atoms with Crippen molar-refractivity contribution >= 4 is 37.2 Å². The van der Waals surface area contributed by atoms with E-state index in [0.717, 1.165) is 0 Å². The van der Waals surface area contributed by atoms with Gasteiger partial charge in [-0.05, 0) is 0 Å². The maximum absolute atomic E-state index is 10.0. The number of carbonyl (C=O) groups is 2. The van der Waals surface area contributed by atoms with Gasteiger partial charge in [-0.15, -0.1) is 0 Å². The Morgan fingerprint density at radius 2 is 1.64 bits per heavy atom. The SMILES string of the molecule is O=C([O-])C(S)C(S)C(=O)O.[Au+]. The molecule has 68 valence electrons. The first-order chi connectivity index (χ1) is 4.46. The zero-order valence-electron chi connectivity index (χ0n) is 5.02. The summed E-state index contributed by atoms with van der Waals surface area (Å²) >= 11 is 6.90. The summed E-state index contributed by atoms with van der Waals surface area (Å²) in [5.41, 5.74) is 0. The van der Waals surface area contributed by atoms with E-state index in [0.29, 0.717) is 0 Å². The van der Waals surface area contributed by atoms with Crippen molar-refractivity contribution in [1.82, 2.24) is 0 Å². The maximum atomic E-state index is 10.0. The molecule has 0 aliphatic rings. The van der Waals surface area contributed by atoms with Gasteiger partial charge in [0.05, 0.1) is 11.2 Å². The van der Waals surface area contributed by atoms with E-state index in [9.17, 15) is 14.7 Å². The molecule has 0 rings (SSSR count). The molecule has 0 spiro atoms. The Morgan fingerprint density at radius 3 is 1.73 bits per heavy atom. The average Bonchev–Trinajstić information content (AvgIpc) is 1.84. The minimum Gasteiger partial charge on any atom is -0.549 e. The summed E-state index contributed by atoms with van der Waals surface area (Å²) in [6.07, 6.45) is 0. The smallest absolute Gasteiger partial charge is 0.549 e. The fourth-order valence-electron chi connectivity index (χ4n) is 0.264. The van der Waals surface area contributed by atoms with Crippen LogP contribution in [0, 0.1) is 0 Å². The zero-order chi connectivity index (χ0) is 8.31. The van der Waals surface area contributed by atoms with Gasteiger partial charge in [0.1, 0.15) is 5.25 Å². The van der Waals surface area contributed by atoms with E-state index < -0.39 is 22.4 Å². The maximum Gasteiger partial charge on any atom is 1.00 e. The van der Waals surface area contributed by atoms with E-state index in [1.165, 1.54) is 0 Å². The van der Waals surface area contributed by atoms with E-state index in [4.69, 9.17) is 5.11 Å². The second-order valence-electron chi connectivity index (χ2n) is 1.55. The number of rotatable bonds is 3. The van der Waals surface area contributed by atoms with Crippen LogP contribution < -0.4 is 5.11 Å². The summed E-state index contributed by atoms with van der Waals surface area (Å²) in [6.45, 7) is 0.